The molecule has 0 aromatic heterocycles. The molecule has 1 fully saturated rings. The summed E-state index contributed by atoms with van der Waals surface area (Å²) in [4.78, 5) is 12.8. The van der Waals surface area contributed by atoms with E-state index in [1.54, 1.807) is 6.07 Å². The molecule has 1 saturated heterocycles. The molecule has 1 aromatic carbocycles. The van der Waals surface area contributed by atoms with Gasteiger partial charge in [0.1, 0.15) is 0 Å². The van der Waals surface area contributed by atoms with Crippen LogP contribution in [0.4, 0.5) is 5.69 Å². The Labute approximate surface area is 157 Å². The maximum Gasteiger partial charge on any atom is 0.243 e. The summed E-state index contributed by atoms with van der Waals surface area (Å²) in [5.74, 6) is -0.110. The molecule has 0 bridgehead atoms. The standard InChI is InChI=1S/C19H30N2O4S/c1-7-19(5,6)18(22)20-16-12-17(15(4)13(2)14(16)3)26(23,24)21-8-10-25-11-9-21/h12H,7-11H2,1-6H3,(H,20,22). The average molecular weight is 383 g/mol. The van der Waals surface area contributed by atoms with Crippen molar-refractivity contribution in [3.05, 3.63) is 22.8 Å². The van der Waals surface area contributed by atoms with Crippen molar-refractivity contribution < 1.29 is 17.9 Å². The van der Waals surface area contributed by atoms with Gasteiger partial charge in [0.15, 0.2) is 0 Å². The molecule has 1 amide bonds. The predicted octanol–water partition coefficient (Wildman–Crippen LogP) is 3.01. The Morgan fingerprint density at radius 3 is 2.27 bits per heavy atom. The second-order valence-electron chi connectivity index (χ2n) is 7.51. The van der Waals surface area contributed by atoms with E-state index in [1.807, 2.05) is 41.5 Å². The lowest BCUT2D eigenvalue weighted by atomic mass is 9.89. The molecule has 0 radical (unpaired) electrons. The third kappa shape index (κ3) is 3.94. The van der Waals surface area contributed by atoms with Crippen LogP contribution in [0.25, 0.3) is 0 Å². The number of carbonyl (C=O) groups is 1. The Kier molecular flexibility index (Phi) is 6.15. The Bertz CT molecular complexity index is 794. The molecule has 0 unspecified atom stereocenters. The van der Waals surface area contributed by atoms with Gasteiger partial charge in [-0.15, -0.1) is 0 Å². The first-order valence-corrected chi connectivity index (χ1v) is 10.5. The number of anilines is 1. The number of carbonyl (C=O) groups excluding carboxylic acids is 1. The normalized spacial score (nSPS) is 16.5. The molecular weight excluding hydrogens is 352 g/mol. The molecule has 2 rings (SSSR count). The summed E-state index contributed by atoms with van der Waals surface area (Å²) in [6, 6.07) is 1.60. The van der Waals surface area contributed by atoms with E-state index in [1.165, 1.54) is 4.31 Å². The Morgan fingerprint density at radius 2 is 1.73 bits per heavy atom. The number of nitrogens with zero attached hydrogens (tertiary/aromatic N) is 1. The number of nitrogens with one attached hydrogen (secondary N) is 1. The largest absolute Gasteiger partial charge is 0.379 e. The topological polar surface area (TPSA) is 75.7 Å². The molecule has 1 aliphatic heterocycles. The van der Waals surface area contributed by atoms with Crippen LogP contribution in [0.1, 0.15) is 43.9 Å². The van der Waals surface area contributed by atoms with Crippen LogP contribution in [-0.4, -0.2) is 44.9 Å². The van der Waals surface area contributed by atoms with Crippen molar-refractivity contribution in [2.45, 2.75) is 52.9 Å². The number of amides is 1. The fraction of sp³-hybridized carbons (Fsp3) is 0.632. The van der Waals surface area contributed by atoms with E-state index in [0.29, 0.717) is 38.4 Å². The van der Waals surface area contributed by atoms with E-state index in [2.05, 4.69) is 5.32 Å². The highest BCUT2D eigenvalue weighted by Crippen LogP contribution is 2.32. The van der Waals surface area contributed by atoms with Gasteiger partial charge in [-0.3, -0.25) is 4.79 Å². The predicted molar refractivity (Wildman–Crippen MR) is 103 cm³/mol. The Balaban J connectivity index is 2.48. The minimum absolute atomic E-state index is 0.110. The lowest BCUT2D eigenvalue weighted by Crippen LogP contribution is -2.41. The molecule has 1 N–H and O–H groups in total. The number of morpholine rings is 1. The molecular formula is C19H30N2O4S. The number of sulfonamides is 1. The van der Waals surface area contributed by atoms with E-state index in [0.717, 1.165) is 16.7 Å². The summed E-state index contributed by atoms with van der Waals surface area (Å²) in [5.41, 5.74) is 2.54. The van der Waals surface area contributed by atoms with Crippen molar-refractivity contribution in [1.82, 2.24) is 4.31 Å². The molecule has 26 heavy (non-hydrogen) atoms. The first-order valence-electron chi connectivity index (χ1n) is 9.02. The van der Waals surface area contributed by atoms with Gasteiger partial charge in [-0.1, -0.05) is 20.8 Å². The highest BCUT2D eigenvalue weighted by molar-refractivity contribution is 7.89. The fourth-order valence-corrected chi connectivity index (χ4v) is 4.51. The Hall–Kier alpha value is -1.44. The van der Waals surface area contributed by atoms with Gasteiger partial charge >= 0.3 is 0 Å². The molecule has 1 aliphatic rings. The van der Waals surface area contributed by atoms with E-state index in [9.17, 15) is 13.2 Å². The van der Waals surface area contributed by atoms with Gasteiger partial charge in [-0.2, -0.15) is 4.31 Å². The van der Waals surface area contributed by atoms with Crippen molar-refractivity contribution in [2.24, 2.45) is 5.41 Å². The molecule has 0 aliphatic carbocycles. The van der Waals surface area contributed by atoms with Crippen LogP contribution in [0.3, 0.4) is 0 Å². The van der Waals surface area contributed by atoms with E-state index < -0.39 is 15.4 Å². The molecule has 0 saturated carbocycles. The zero-order chi connectivity index (χ0) is 19.7. The minimum Gasteiger partial charge on any atom is -0.379 e. The molecule has 6 nitrogen and oxygen atoms in total. The highest BCUT2D eigenvalue weighted by Gasteiger charge is 2.31. The number of rotatable bonds is 5. The van der Waals surface area contributed by atoms with Crippen molar-refractivity contribution in [1.29, 1.82) is 0 Å². The van der Waals surface area contributed by atoms with Gasteiger partial charge in [-0.25, -0.2) is 8.42 Å². The average Bonchev–Trinajstić information content (AvgIpc) is 2.62. The molecule has 0 spiro atoms. The van der Waals surface area contributed by atoms with E-state index >= 15 is 0 Å². The summed E-state index contributed by atoms with van der Waals surface area (Å²) < 4.78 is 33.0. The highest BCUT2D eigenvalue weighted by atomic mass is 32.2. The van der Waals surface area contributed by atoms with Gasteiger partial charge in [0.05, 0.1) is 18.1 Å². The van der Waals surface area contributed by atoms with Gasteiger partial charge < -0.3 is 10.1 Å². The van der Waals surface area contributed by atoms with E-state index in [-0.39, 0.29) is 10.8 Å². The number of hydrogen-bond acceptors (Lipinski definition) is 4. The molecule has 1 aromatic rings. The third-order valence-corrected chi connectivity index (χ3v) is 7.53. The summed E-state index contributed by atoms with van der Waals surface area (Å²) in [5, 5.41) is 2.94. The van der Waals surface area contributed by atoms with Gasteiger partial charge in [-0.05, 0) is 49.9 Å². The van der Waals surface area contributed by atoms with Gasteiger partial charge in [0, 0.05) is 24.2 Å². The van der Waals surface area contributed by atoms with Gasteiger partial charge in [0.2, 0.25) is 15.9 Å². The third-order valence-electron chi connectivity index (χ3n) is 5.51. The second kappa shape index (κ2) is 7.66. The van der Waals surface area contributed by atoms with E-state index in [4.69, 9.17) is 4.74 Å². The van der Waals surface area contributed by atoms with Crippen LogP contribution in [0, 0.1) is 26.2 Å². The van der Waals surface area contributed by atoms with Crippen molar-refractivity contribution in [3.8, 4) is 0 Å². The van der Waals surface area contributed by atoms with Crippen LogP contribution in [0.15, 0.2) is 11.0 Å². The second-order valence-corrected chi connectivity index (χ2v) is 9.41. The Morgan fingerprint density at radius 1 is 1.15 bits per heavy atom. The van der Waals surface area contributed by atoms with Crippen LogP contribution in [0.2, 0.25) is 0 Å². The van der Waals surface area contributed by atoms with Crippen LogP contribution >= 0.6 is 0 Å². The number of ether oxygens (including phenoxy) is 1. The molecule has 7 heteroatoms. The van der Waals surface area contributed by atoms with Crippen LogP contribution in [-0.2, 0) is 19.6 Å². The summed E-state index contributed by atoms with van der Waals surface area (Å²) in [6.07, 6.45) is 0.696. The zero-order valence-electron chi connectivity index (χ0n) is 16.6. The summed E-state index contributed by atoms with van der Waals surface area (Å²) >= 11 is 0. The zero-order valence-corrected chi connectivity index (χ0v) is 17.4. The summed E-state index contributed by atoms with van der Waals surface area (Å²) in [7, 11) is -3.63. The maximum atomic E-state index is 13.1. The quantitative estimate of drug-likeness (QED) is 0.849. The van der Waals surface area contributed by atoms with Crippen molar-refractivity contribution >= 4 is 21.6 Å². The fourth-order valence-electron chi connectivity index (χ4n) is 2.79. The monoisotopic (exact) mass is 382 g/mol. The number of benzene rings is 1. The lowest BCUT2D eigenvalue weighted by molar-refractivity contribution is -0.124. The summed E-state index contributed by atoms with van der Waals surface area (Å²) in [6.45, 7) is 12.8. The first kappa shape index (κ1) is 20.9. The maximum absolute atomic E-state index is 13.1. The number of hydrogen-bond donors (Lipinski definition) is 1. The van der Waals surface area contributed by atoms with Crippen molar-refractivity contribution in [3.63, 3.8) is 0 Å². The van der Waals surface area contributed by atoms with Crippen LogP contribution < -0.4 is 5.32 Å². The molecule has 0 atom stereocenters. The van der Waals surface area contributed by atoms with Crippen LogP contribution in [0.5, 0.6) is 0 Å². The molecule has 146 valence electrons. The lowest BCUT2D eigenvalue weighted by Gasteiger charge is -2.28. The SMILES string of the molecule is CCC(C)(C)C(=O)Nc1cc(S(=O)(=O)N2CCOCC2)c(C)c(C)c1C. The van der Waals surface area contributed by atoms with Crippen molar-refractivity contribution in [2.75, 3.05) is 31.6 Å². The van der Waals surface area contributed by atoms with Gasteiger partial charge in [0.25, 0.3) is 0 Å². The first-order chi connectivity index (χ1) is 12.0. The smallest absolute Gasteiger partial charge is 0.243 e. The minimum atomic E-state index is -3.63. The molecule has 1 heterocycles.